The van der Waals surface area contributed by atoms with Gasteiger partial charge >= 0.3 is 0 Å². The number of amides is 1. The summed E-state index contributed by atoms with van der Waals surface area (Å²) in [5.41, 5.74) is 3.78. The predicted molar refractivity (Wildman–Crippen MR) is 98.5 cm³/mol. The van der Waals surface area contributed by atoms with Crippen molar-refractivity contribution in [1.29, 1.82) is 0 Å². The van der Waals surface area contributed by atoms with E-state index in [0.717, 1.165) is 22.6 Å². The number of nitrogens with zero attached hydrogens (tertiary/aromatic N) is 3. The Morgan fingerprint density at radius 3 is 2.73 bits per heavy atom. The molecule has 136 valence electrons. The minimum atomic E-state index is -0.183. The average molecular weight is 372 g/mol. The Bertz CT molecular complexity index is 913. The third kappa shape index (κ3) is 4.26. The molecule has 1 amide bonds. The number of carbonyl (C=O) groups is 1. The lowest BCUT2D eigenvalue weighted by Crippen LogP contribution is -2.15. The molecule has 2 heterocycles. The maximum Gasteiger partial charge on any atom is 0.230 e. The van der Waals surface area contributed by atoms with Crippen molar-refractivity contribution in [2.24, 2.45) is 0 Å². The largest absolute Gasteiger partial charge is 0.486 e. The maximum absolute atomic E-state index is 12.2. The van der Waals surface area contributed by atoms with Crippen molar-refractivity contribution < 1.29 is 14.1 Å². The first kappa shape index (κ1) is 18.1. The van der Waals surface area contributed by atoms with Crippen LogP contribution >= 0.6 is 11.3 Å². The van der Waals surface area contributed by atoms with Crippen LogP contribution in [0.25, 0.3) is 0 Å². The number of aromatic nitrogens is 3. The third-order valence-corrected chi connectivity index (χ3v) is 4.73. The number of ether oxygens (including phenoxy) is 1. The van der Waals surface area contributed by atoms with E-state index in [2.05, 4.69) is 26.7 Å². The molecule has 0 unspecified atom stereocenters. The highest BCUT2D eigenvalue weighted by Crippen LogP contribution is 2.22. The number of benzene rings is 1. The van der Waals surface area contributed by atoms with Gasteiger partial charge in [-0.3, -0.25) is 4.79 Å². The highest BCUT2D eigenvalue weighted by molar-refractivity contribution is 7.15. The SMILES string of the molecule is Cc1ccc(OCc2nnc(NC(=O)Cc3c(C)noc3C)s2)c(C)c1. The molecular weight excluding hydrogens is 352 g/mol. The lowest BCUT2D eigenvalue weighted by atomic mass is 10.1. The molecule has 8 heteroatoms. The molecule has 0 atom stereocenters. The van der Waals surface area contributed by atoms with E-state index in [1.165, 1.54) is 16.9 Å². The van der Waals surface area contributed by atoms with Gasteiger partial charge in [-0.15, -0.1) is 10.2 Å². The van der Waals surface area contributed by atoms with E-state index in [0.29, 0.717) is 22.5 Å². The summed E-state index contributed by atoms with van der Waals surface area (Å²) in [5.74, 6) is 1.28. The van der Waals surface area contributed by atoms with Crippen molar-refractivity contribution in [3.05, 3.63) is 51.4 Å². The van der Waals surface area contributed by atoms with Gasteiger partial charge < -0.3 is 14.6 Å². The summed E-state index contributed by atoms with van der Waals surface area (Å²) in [6.45, 7) is 7.95. The molecule has 0 spiro atoms. The fourth-order valence-corrected chi connectivity index (χ4v) is 3.21. The zero-order chi connectivity index (χ0) is 18.7. The number of hydrogen-bond donors (Lipinski definition) is 1. The van der Waals surface area contributed by atoms with Crippen LogP contribution in [0.4, 0.5) is 5.13 Å². The van der Waals surface area contributed by atoms with Crippen LogP contribution in [0.5, 0.6) is 5.75 Å². The van der Waals surface area contributed by atoms with E-state index in [9.17, 15) is 4.79 Å². The van der Waals surface area contributed by atoms with Gasteiger partial charge in [0.1, 0.15) is 18.1 Å². The van der Waals surface area contributed by atoms with Crippen molar-refractivity contribution in [2.75, 3.05) is 5.32 Å². The van der Waals surface area contributed by atoms with Gasteiger partial charge in [-0.1, -0.05) is 34.2 Å². The Hall–Kier alpha value is -2.74. The summed E-state index contributed by atoms with van der Waals surface area (Å²) >= 11 is 1.29. The van der Waals surface area contributed by atoms with Gasteiger partial charge in [0.2, 0.25) is 11.0 Å². The van der Waals surface area contributed by atoms with E-state index in [1.54, 1.807) is 6.92 Å². The van der Waals surface area contributed by atoms with Gasteiger partial charge in [0.15, 0.2) is 5.01 Å². The van der Waals surface area contributed by atoms with E-state index in [4.69, 9.17) is 9.26 Å². The van der Waals surface area contributed by atoms with Crippen LogP contribution in [0.1, 0.15) is 33.2 Å². The normalized spacial score (nSPS) is 10.8. The lowest BCUT2D eigenvalue weighted by Gasteiger charge is -2.07. The van der Waals surface area contributed by atoms with Crippen molar-refractivity contribution in [3.63, 3.8) is 0 Å². The summed E-state index contributed by atoms with van der Waals surface area (Å²) in [6, 6.07) is 6.01. The number of anilines is 1. The highest BCUT2D eigenvalue weighted by Gasteiger charge is 2.15. The van der Waals surface area contributed by atoms with Crippen molar-refractivity contribution >= 4 is 22.4 Å². The first-order valence-electron chi connectivity index (χ1n) is 8.16. The Balaban J connectivity index is 1.56. The van der Waals surface area contributed by atoms with E-state index < -0.39 is 0 Å². The minimum Gasteiger partial charge on any atom is -0.486 e. The Labute approximate surface area is 155 Å². The van der Waals surface area contributed by atoms with Crippen LogP contribution in [0.3, 0.4) is 0 Å². The molecule has 3 rings (SSSR count). The van der Waals surface area contributed by atoms with Crippen molar-refractivity contribution in [3.8, 4) is 5.75 Å². The molecule has 0 saturated carbocycles. The number of rotatable bonds is 6. The molecule has 26 heavy (non-hydrogen) atoms. The monoisotopic (exact) mass is 372 g/mol. The predicted octanol–water partition coefficient (Wildman–Crippen LogP) is 3.52. The first-order chi connectivity index (χ1) is 12.4. The van der Waals surface area contributed by atoms with Gasteiger partial charge in [-0.25, -0.2) is 0 Å². The zero-order valence-electron chi connectivity index (χ0n) is 15.1. The highest BCUT2D eigenvalue weighted by atomic mass is 32.1. The maximum atomic E-state index is 12.2. The van der Waals surface area contributed by atoms with Crippen LogP contribution < -0.4 is 10.1 Å². The van der Waals surface area contributed by atoms with Crippen LogP contribution in [0, 0.1) is 27.7 Å². The zero-order valence-corrected chi connectivity index (χ0v) is 15.9. The third-order valence-electron chi connectivity index (χ3n) is 3.91. The fourth-order valence-electron chi connectivity index (χ4n) is 2.54. The van der Waals surface area contributed by atoms with Gasteiger partial charge in [0.05, 0.1) is 12.1 Å². The van der Waals surface area contributed by atoms with Gasteiger partial charge in [0, 0.05) is 5.56 Å². The molecule has 1 aromatic carbocycles. The summed E-state index contributed by atoms with van der Waals surface area (Å²) in [7, 11) is 0. The number of aryl methyl sites for hydroxylation is 4. The molecule has 0 aliphatic heterocycles. The molecule has 7 nitrogen and oxygen atoms in total. The summed E-state index contributed by atoms with van der Waals surface area (Å²) < 4.78 is 10.9. The molecule has 0 aliphatic carbocycles. The number of carbonyl (C=O) groups excluding carboxylic acids is 1. The van der Waals surface area contributed by atoms with E-state index in [-0.39, 0.29) is 12.3 Å². The van der Waals surface area contributed by atoms with Gasteiger partial charge in [-0.05, 0) is 39.3 Å². The first-order valence-corrected chi connectivity index (χ1v) is 8.98. The molecule has 0 aliphatic rings. The van der Waals surface area contributed by atoms with Crippen LogP contribution in [0.2, 0.25) is 0 Å². The molecule has 1 N–H and O–H groups in total. The molecule has 3 aromatic rings. The summed E-state index contributed by atoms with van der Waals surface area (Å²) in [4.78, 5) is 12.2. The van der Waals surface area contributed by atoms with E-state index >= 15 is 0 Å². The molecule has 0 bridgehead atoms. The Morgan fingerprint density at radius 1 is 1.23 bits per heavy atom. The van der Waals surface area contributed by atoms with Gasteiger partial charge in [0.25, 0.3) is 0 Å². The van der Waals surface area contributed by atoms with Crippen LogP contribution in [-0.2, 0) is 17.8 Å². The molecular formula is C18H20N4O3S. The summed E-state index contributed by atoms with van der Waals surface area (Å²) in [6.07, 6.45) is 0.190. The second kappa shape index (κ2) is 7.65. The van der Waals surface area contributed by atoms with Crippen LogP contribution in [0.15, 0.2) is 22.7 Å². The average Bonchev–Trinajstić information content (AvgIpc) is 3.15. The second-order valence-corrected chi connectivity index (χ2v) is 7.15. The Kier molecular flexibility index (Phi) is 5.32. The van der Waals surface area contributed by atoms with Crippen molar-refractivity contribution in [1.82, 2.24) is 15.4 Å². The topological polar surface area (TPSA) is 90.1 Å². The lowest BCUT2D eigenvalue weighted by molar-refractivity contribution is -0.115. The van der Waals surface area contributed by atoms with Crippen LogP contribution in [-0.4, -0.2) is 21.3 Å². The second-order valence-electron chi connectivity index (χ2n) is 6.09. The summed E-state index contributed by atoms with van der Waals surface area (Å²) in [5, 5.41) is 15.8. The fraction of sp³-hybridized carbons (Fsp3) is 0.333. The number of nitrogens with one attached hydrogen (secondary N) is 1. The molecule has 0 radical (unpaired) electrons. The minimum absolute atomic E-state index is 0.183. The van der Waals surface area contributed by atoms with Gasteiger partial charge in [-0.2, -0.15) is 0 Å². The molecule has 2 aromatic heterocycles. The Morgan fingerprint density at radius 2 is 2.04 bits per heavy atom. The standard InChI is InChI=1S/C18H20N4O3S/c1-10-5-6-15(11(2)7-10)24-9-17-20-21-18(26-17)19-16(23)8-14-12(3)22-25-13(14)4/h5-7H,8-9H2,1-4H3,(H,19,21,23). The quantitative estimate of drug-likeness (QED) is 0.712. The van der Waals surface area contributed by atoms with Crippen molar-refractivity contribution in [2.45, 2.75) is 40.7 Å². The van der Waals surface area contributed by atoms with E-state index in [1.807, 2.05) is 32.9 Å². The number of hydrogen-bond acceptors (Lipinski definition) is 7. The smallest absolute Gasteiger partial charge is 0.230 e. The molecule has 0 saturated heterocycles. The molecule has 0 fully saturated rings.